The molecule has 20 heavy (non-hydrogen) atoms. The van der Waals surface area contributed by atoms with Gasteiger partial charge in [-0.1, -0.05) is 12.1 Å². The van der Waals surface area contributed by atoms with Crippen LogP contribution in [0.4, 0.5) is 0 Å². The summed E-state index contributed by atoms with van der Waals surface area (Å²) >= 11 is 5.61. The predicted molar refractivity (Wildman–Crippen MR) is 88.9 cm³/mol. The van der Waals surface area contributed by atoms with Crippen molar-refractivity contribution in [3.05, 3.63) is 50.0 Å². The lowest BCUT2D eigenvalue weighted by molar-refractivity contribution is 0.0697. The number of H-pyrrole nitrogens is 1. The Morgan fingerprint density at radius 2 is 1.95 bits per heavy atom. The van der Waals surface area contributed by atoms with Gasteiger partial charge in [0.1, 0.15) is 11.3 Å². The number of aromatic nitrogens is 2. The highest BCUT2D eigenvalue weighted by Gasteiger charge is 2.12. The quantitative estimate of drug-likeness (QED) is 0.581. The first-order valence-electron chi connectivity index (χ1n) is 5.73. The summed E-state index contributed by atoms with van der Waals surface area (Å²) in [6.07, 6.45) is 0. The number of aromatic carboxylic acids is 1. The summed E-state index contributed by atoms with van der Waals surface area (Å²) in [6, 6.07) is 11.1. The molecule has 0 spiro atoms. The molecule has 0 saturated carbocycles. The zero-order valence-corrected chi connectivity index (χ0v) is 13.8. The highest BCUT2D eigenvalue weighted by molar-refractivity contribution is 14.1. The van der Waals surface area contributed by atoms with E-state index >= 15 is 0 Å². The molecule has 2 N–H and O–H groups in total. The minimum atomic E-state index is -0.960. The van der Waals surface area contributed by atoms with Crippen molar-refractivity contribution in [1.29, 1.82) is 0 Å². The number of hydrogen-bond acceptors (Lipinski definition) is 2. The van der Waals surface area contributed by atoms with Crippen molar-refractivity contribution in [3.63, 3.8) is 0 Å². The summed E-state index contributed by atoms with van der Waals surface area (Å²) in [7, 11) is 0. The fraction of sp³-hybridized carbons (Fsp3) is 0. The van der Waals surface area contributed by atoms with Gasteiger partial charge in [0.25, 0.3) is 0 Å². The normalized spacial score (nSPS) is 10.9. The summed E-state index contributed by atoms with van der Waals surface area (Å²) in [5, 5.41) is 9.07. The molecule has 0 fully saturated rings. The smallest absolute Gasteiger partial charge is 0.335 e. The second-order valence-electron chi connectivity index (χ2n) is 4.25. The molecule has 0 aliphatic rings. The van der Waals surface area contributed by atoms with Crippen LogP contribution in [0.5, 0.6) is 0 Å². The van der Waals surface area contributed by atoms with Crippen molar-refractivity contribution in [1.82, 2.24) is 9.97 Å². The van der Waals surface area contributed by atoms with Crippen molar-refractivity contribution in [2.24, 2.45) is 0 Å². The first-order valence-corrected chi connectivity index (χ1v) is 7.60. The standard InChI is InChI=1S/C14H8BrIN2O2/c15-10-5-8(14(19)20)6-11-12(10)18-13(17-11)7-1-3-9(16)4-2-7/h1-6H,(H,17,18)(H,19,20). The van der Waals surface area contributed by atoms with Crippen LogP contribution in [0.15, 0.2) is 40.9 Å². The van der Waals surface area contributed by atoms with Crippen LogP contribution in [0.3, 0.4) is 0 Å². The van der Waals surface area contributed by atoms with Crippen LogP contribution in [0.1, 0.15) is 10.4 Å². The van der Waals surface area contributed by atoms with E-state index in [-0.39, 0.29) is 5.56 Å². The number of carbonyl (C=O) groups is 1. The number of hydrogen-bond donors (Lipinski definition) is 2. The zero-order chi connectivity index (χ0) is 14.3. The predicted octanol–water partition coefficient (Wildman–Crippen LogP) is 4.30. The molecule has 1 aromatic heterocycles. The lowest BCUT2D eigenvalue weighted by atomic mass is 10.2. The Labute approximate surface area is 136 Å². The molecule has 4 nitrogen and oxygen atoms in total. The van der Waals surface area contributed by atoms with Crippen molar-refractivity contribution >= 4 is 55.5 Å². The first kappa shape index (κ1) is 13.6. The average Bonchev–Trinajstić information content (AvgIpc) is 2.84. The Morgan fingerprint density at radius 3 is 2.60 bits per heavy atom. The van der Waals surface area contributed by atoms with Gasteiger partial charge >= 0.3 is 5.97 Å². The van der Waals surface area contributed by atoms with Crippen LogP contribution in [0.2, 0.25) is 0 Å². The number of imidazole rings is 1. The third-order valence-electron chi connectivity index (χ3n) is 2.90. The summed E-state index contributed by atoms with van der Waals surface area (Å²) < 4.78 is 1.82. The number of rotatable bonds is 2. The Morgan fingerprint density at radius 1 is 1.25 bits per heavy atom. The van der Waals surface area contributed by atoms with E-state index in [0.29, 0.717) is 9.99 Å². The van der Waals surface area contributed by atoms with E-state index in [0.717, 1.165) is 20.5 Å². The molecule has 2 aromatic carbocycles. The van der Waals surface area contributed by atoms with Crippen LogP contribution in [-0.2, 0) is 0 Å². The van der Waals surface area contributed by atoms with Gasteiger partial charge in [-0.15, -0.1) is 0 Å². The van der Waals surface area contributed by atoms with Crippen molar-refractivity contribution < 1.29 is 9.90 Å². The van der Waals surface area contributed by atoms with Crippen LogP contribution < -0.4 is 0 Å². The van der Waals surface area contributed by atoms with Crippen molar-refractivity contribution in [2.45, 2.75) is 0 Å². The van der Waals surface area contributed by atoms with Crippen molar-refractivity contribution in [3.8, 4) is 11.4 Å². The fourth-order valence-corrected chi connectivity index (χ4v) is 2.85. The van der Waals surface area contributed by atoms with Crippen LogP contribution in [-0.4, -0.2) is 21.0 Å². The second-order valence-corrected chi connectivity index (χ2v) is 6.35. The maximum atomic E-state index is 11.1. The van der Waals surface area contributed by atoms with Crippen LogP contribution in [0.25, 0.3) is 22.4 Å². The summed E-state index contributed by atoms with van der Waals surface area (Å²) in [4.78, 5) is 18.7. The largest absolute Gasteiger partial charge is 0.478 e. The molecular formula is C14H8BrIN2O2. The number of fused-ring (bicyclic) bond motifs is 1. The molecule has 6 heteroatoms. The van der Waals surface area contributed by atoms with Gasteiger partial charge < -0.3 is 10.1 Å². The van der Waals surface area contributed by atoms with E-state index in [1.165, 1.54) is 0 Å². The highest BCUT2D eigenvalue weighted by atomic mass is 127. The van der Waals surface area contributed by atoms with Crippen LogP contribution >= 0.6 is 38.5 Å². The minimum Gasteiger partial charge on any atom is -0.478 e. The topological polar surface area (TPSA) is 66.0 Å². The van der Waals surface area contributed by atoms with E-state index in [9.17, 15) is 4.79 Å². The molecule has 0 bridgehead atoms. The molecule has 0 aliphatic heterocycles. The molecule has 0 aliphatic carbocycles. The zero-order valence-electron chi connectivity index (χ0n) is 10.0. The number of carboxylic acid groups (broad SMARTS) is 1. The molecule has 3 rings (SSSR count). The van der Waals surface area contributed by atoms with E-state index < -0.39 is 5.97 Å². The van der Waals surface area contributed by atoms with E-state index in [1.807, 2.05) is 24.3 Å². The first-order chi connectivity index (χ1) is 9.54. The van der Waals surface area contributed by atoms with Gasteiger partial charge in [-0.05, 0) is 62.8 Å². The SMILES string of the molecule is O=C(O)c1cc(Br)c2nc(-c3ccc(I)cc3)[nH]c2c1. The summed E-state index contributed by atoms with van der Waals surface area (Å²) in [6.45, 7) is 0. The van der Waals surface area contributed by atoms with E-state index in [4.69, 9.17) is 5.11 Å². The van der Waals surface area contributed by atoms with Gasteiger partial charge in [-0.25, -0.2) is 9.78 Å². The number of aromatic amines is 1. The molecule has 0 atom stereocenters. The number of benzene rings is 2. The molecular weight excluding hydrogens is 435 g/mol. The van der Waals surface area contributed by atoms with Gasteiger partial charge in [0.2, 0.25) is 0 Å². The van der Waals surface area contributed by atoms with Crippen molar-refractivity contribution in [2.75, 3.05) is 0 Å². The number of carboxylic acids is 1. The molecule has 0 radical (unpaired) electrons. The summed E-state index contributed by atoms with van der Waals surface area (Å²) in [5.41, 5.74) is 2.61. The number of halogens is 2. The number of nitrogens with zero attached hydrogens (tertiary/aromatic N) is 1. The maximum absolute atomic E-state index is 11.1. The fourth-order valence-electron chi connectivity index (χ4n) is 1.94. The molecule has 0 unspecified atom stereocenters. The number of nitrogens with one attached hydrogen (secondary N) is 1. The molecule has 3 aromatic rings. The average molecular weight is 443 g/mol. The molecule has 1 heterocycles. The lowest BCUT2D eigenvalue weighted by Crippen LogP contribution is -1.95. The third kappa shape index (κ3) is 2.45. The van der Waals surface area contributed by atoms with Gasteiger partial charge in [0.05, 0.1) is 11.1 Å². The van der Waals surface area contributed by atoms with Gasteiger partial charge in [0.15, 0.2) is 0 Å². The molecule has 0 saturated heterocycles. The lowest BCUT2D eigenvalue weighted by Gasteiger charge is -1.96. The Balaban J connectivity index is 2.17. The van der Waals surface area contributed by atoms with Gasteiger partial charge in [-0.3, -0.25) is 0 Å². The van der Waals surface area contributed by atoms with E-state index in [2.05, 4.69) is 48.5 Å². The summed E-state index contributed by atoms with van der Waals surface area (Å²) in [5.74, 6) is -0.238. The van der Waals surface area contributed by atoms with Crippen LogP contribution in [0, 0.1) is 3.57 Å². The third-order valence-corrected chi connectivity index (χ3v) is 4.23. The molecule has 0 amide bonds. The van der Waals surface area contributed by atoms with Gasteiger partial charge in [-0.2, -0.15) is 0 Å². The minimum absolute atomic E-state index is 0.224. The monoisotopic (exact) mass is 442 g/mol. The molecule has 100 valence electrons. The Kier molecular flexibility index (Phi) is 3.51. The highest BCUT2D eigenvalue weighted by Crippen LogP contribution is 2.27. The van der Waals surface area contributed by atoms with Gasteiger partial charge in [0, 0.05) is 13.6 Å². The second kappa shape index (κ2) is 5.17. The maximum Gasteiger partial charge on any atom is 0.335 e. The Hall–Kier alpha value is -1.41. The Bertz CT molecular complexity index is 812. The van der Waals surface area contributed by atoms with E-state index in [1.54, 1.807) is 12.1 Å².